The number of hydrogen-bond donors (Lipinski definition) is 1. The molecule has 3 aromatic rings. The summed E-state index contributed by atoms with van der Waals surface area (Å²) in [6, 6.07) is 25.4. The van der Waals surface area contributed by atoms with Gasteiger partial charge < -0.3 is 24.4 Å². The highest BCUT2D eigenvalue weighted by Gasteiger charge is 2.27. The van der Waals surface area contributed by atoms with Crippen LogP contribution in [0.25, 0.3) is 0 Å². The van der Waals surface area contributed by atoms with Crippen LogP contribution in [0.15, 0.2) is 72.8 Å². The SMILES string of the molecule is COc1cc(NC(=S)N2CCN(C(c3ccccc3)c3ccccc3)CC2)cc(OC)c1OC. The molecule has 4 rings (SSSR count). The Kier molecular flexibility index (Phi) is 7.87. The fourth-order valence-electron chi connectivity index (χ4n) is 4.42. The third-order valence-corrected chi connectivity index (χ3v) is 6.47. The first-order valence-electron chi connectivity index (χ1n) is 11.3. The van der Waals surface area contributed by atoms with E-state index in [-0.39, 0.29) is 6.04 Å². The van der Waals surface area contributed by atoms with Crippen molar-refractivity contribution < 1.29 is 14.2 Å². The molecule has 1 aliphatic rings. The van der Waals surface area contributed by atoms with E-state index in [1.165, 1.54) is 11.1 Å². The normalized spacial score (nSPS) is 14.1. The number of rotatable bonds is 7. The van der Waals surface area contributed by atoms with E-state index < -0.39 is 0 Å². The van der Waals surface area contributed by atoms with Gasteiger partial charge in [-0.1, -0.05) is 60.7 Å². The first-order chi connectivity index (χ1) is 16.6. The van der Waals surface area contributed by atoms with E-state index in [4.69, 9.17) is 26.4 Å². The molecule has 178 valence electrons. The average Bonchev–Trinajstić information content (AvgIpc) is 2.89. The third kappa shape index (κ3) is 5.26. The number of piperazine rings is 1. The number of anilines is 1. The Bertz CT molecular complexity index is 1020. The second-order valence-electron chi connectivity index (χ2n) is 8.09. The fraction of sp³-hybridized carbons (Fsp3) is 0.296. The Morgan fingerprint density at radius 2 is 1.26 bits per heavy atom. The molecule has 1 fully saturated rings. The van der Waals surface area contributed by atoms with E-state index in [1.54, 1.807) is 21.3 Å². The molecule has 1 aliphatic heterocycles. The van der Waals surface area contributed by atoms with E-state index in [0.29, 0.717) is 22.4 Å². The quantitative estimate of drug-likeness (QED) is 0.490. The summed E-state index contributed by atoms with van der Waals surface area (Å²) in [6.07, 6.45) is 0. The third-order valence-electron chi connectivity index (χ3n) is 6.11. The average molecular weight is 478 g/mol. The molecule has 6 nitrogen and oxygen atoms in total. The number of hydrogen-bond acceptors (Lipinski definition) is 5. The van der Waals surface area contributed by atoms with Gasteiger partial charge in [-0.05, 0) is 23.3 Å². The Hall–Kier alpha value is -3.29. The van der Waals surface area contributed by atoms with E-state index in [0.717, 1.165) is 31.9 Å². The summed E-state index contributed by atoms with van der Waals surface area (Å²) >= 11 is 5.75. The maximum absolute atomic E-state index is 5.75. The maximum atomic E-state index is 5.75. The van der Waals surface area contributed by atoms with Crippen molar-refractivity contribution in [2.24, 2.45) is 0 Å². The predicted octanol–water partition coefficient (Wildman–Crippen LogP) is 4.82. The van der Waals surface area contributed by atoms with Crippen molar-refractivity contribution >= 4 is 23.0 Å². The van der Waals surface area contributed by atoms with Crippen LogP contribution in [0.1, 0.15) is 17.2 Å². The van der Waals surface area contributed by atoms with Gasteiger partial charge in [0.15, 0.2) is 16.6 Å². The molecule has 0 radical (unpaired) electrons. The lowest BCUT2D eigenvalue weighted by molar-refractivity contribution is 0.151. The lowest BCUT2D eigenvalue weighted by atomic mass is 9.96. The Morgan fingerprint density at radius 3 is 1.71 bits per heavy atom. The predicted molar refractivity (Wildman–Crippen MR) is 140 cm³/mol. The smallest absolute Gasteiger partial charge is 0.203 e. The van der Waals surface area contributed by atoms with E-state index in [9.17, 15) is 0 Å². The van der Waals surface area contributed by atoms with Crippen LogP contribution in [0.2, 0.25) is 0 Å². The van der Waals surface area contributed by atoms with Crippen molar-refractivity contribution in [3.05, 3.63) is 83.9 Å². The molecular formula is C27H31N3O3S. The van der Waals surface area contributed by atoms with Crippen molar-refractivity contribution in [2.45, 2.75) is 6.04 Å². The van der Waals surface area contributed by atoms with Crippen LogP contribution in [-0.4, -0.2) is 62.4 Å². The molecule has 1 N–H and O–H groups in total. The monoisotopic (exact) mass is 477 g/mol. The minimum absolute atomic E-state index is 0.223. The van der Waals surface area contributed by atoms with E-state index in [2.05, 4.69) is 75.8 Å². The van der Waals surface area contributed by atoms with E-state index in [1.807, 2.05) is 12.1 Å². The number of nitrogens with zero attached hydrogens (tertiary/aromatic N) is 2. The van der Waals surface area contributed by atoms with Crippen molar-refractivity contribution in [1.29, 1.82) is 0 Å². The summed E-state index contributed by atoms with van der Waals surface area (Å²) in [4.78, 5) is 4.74. The van der Waals surface area contributed by atoms with Gasteiger partial charge in [0, 0.05) is 44.0 Å². The van der Waals surface area contributed by atoms with Crippen LogP contribution < -0.4 is 19.5 Å². The van der Waals surface area contributed by atoms with Crippen LogP contribution in [0.3, 0.4) is 0 Å². The van der Waals surface area contributed by atoms with Gasteiger partial charge in [-0.2, -0.15) is 0 Å². The second kappa shape index (κ2) is 11.2. The number of methoxy groups -OCH3 is 3. The van der Waals surface area contributed by atoms with Crippen LogP contribution in [-0.2, 0) is 0 Å². The van der Waals surface area contributed by atoms with Crippen LogP contribution in [0.4, 0.5) is 5.69 Å². The summed E-state index contributed by atoms with van der Waals surface area (Å²) < 4.78 is 16.3. The molecule has 0 bridgehead atoms. The highest BCUT2D eigenvalue weighted by Crippen LogP contribution is 2.40. The van der Waals surface area contributed by atoms with Gasteiger partial charge in [0.1, 0.15) is 0 Å². The molecule has 0 amide bonds. The first kappa shape index (κ1) is 23.9. The Labute approximate surface area is 207 Å². The molecule has 0 saturated carbocycles. The van der Waals surface area contributed by atoms with Crippen LogP contribution in [0, 0.1) is 0 Å². The number of thiocarbonyl (C=S) groups is 1. The van der Waals surface area contributed by atoms with Gasteiger partial charge >= 0.3 is 0 Å². The highest BCUT2D eigenvalue weighted by molar-refractivity contribution is 7.80. The summed E-state index contributed by atoms with van der Waals surface area (Å²) in [5.74, 6) is 1.74. The van der Waals surface area contributed by atoms with Crippen molar-refractivity contribution in [2.75, 3.05) is 52.8 Å². The molecular weight excluding hydrogens is 446 g/mol. The molecule has 1 heterocycles. The number of benzene rings is 3. The summed E-state index contributed by atoms with van der Waals surface area (Å²) in [5.41, 5.74) is 3.41. The minimum atomic E-state index is 0.223. The number of ether oxygens (including phenoxy) is 3. The fourth-order valence-corrected chi connectivity index (χ4v) is 4.72. The van der Waals surface area contributed by atoms with Gasteiger partial charge in [-0.25, -0.2) is 0 Å². The maximum Gasteiger partial charge on any atom is 0.203 e. The molecule has 0 aliphatic carbocycles. The van der Waals surface area contributed by atoms with Gasteiger partial charge in [0.2, 0.25) is 5.75 Å². The summed E-state index contributed by atoms with van der Waals surface area (Å²) in [7, 11) is 4.80. The lowest BCUT2D eigenvalue weighted by Crippen LogP contribution is -2.50. The zero-order valence-corrected chi connectivity index (χ0v) is 20.7. The lowest BCUT2D eigenvalue weighted by Gasteiger charge is -2.40. The Morgan fingerprint density at radius 1 is 0.765 bits per heavy atom. The van der Waals surface area contributed by atoms with Crippen molar-refractivity contribution in [1.82, 2.24) is 9.80 Å². The van der Waals surface area contributed by atoms with Crippen molar-refractivity contribution in [3.8, 4) is 17.2 Å². The Balaban J connectivity index is 1.45. The molecule has 1 saturated heterocycles. The molecule has 0 aromatic heterocycles. The summed E-state index contributed by atoms with van der Waals surface area (Å²) in [5, 5.41) is 4.03. The van der Waals surface area contributed by atoms with Gasteiger partial charge in [-0.3, -0.25) is 4.90 Å². The molecule has 0 atom stereocenters. The second-order valence-corrected chi connectivity index (χ2v) is 8.48. The van der Waals surface area contributed by atoms with E-state index >= 15 is 0 Å². The number of nitrogens with one attached hydrogen (secondary N) is 1. The van der Waals surface area contributed by atoms with Gasteiger partial charge in [-0.15, -0.1) is 0 Å². The standard InChI is InChI=1S/C27H31N3O3S/c1-31-23-18-22(19-24(32-2)26(23)33-3)28-27(34)30-16-14-29(15-17-30)25(20-10-6-4-7-11-20)21-12-8-5-9-13-21/h4-13,18-19,25H,14-17H2,1-3H3,(H,28,34). The minimum Gasteiger partial charge on any atom is -0.493 e. The van der Waals surface area contributed by atoms with Crippen molar-refractivity contribution in [3.63, 3.8) is 0 Å². The zero-order valence-electron chi connectivity index (χ0n) is 19.9. The topological polar surface area (TPSA) is 46.2 Å². The molecule has 0 unspecified atom stereocenters. The largest absolute Gasteiger partial charge is 0.493 e. The molecule has 3 aromatic carbocycles. The summed E-state index contributed by atoms with van der Waals surface area (Å²) in [6.45, 7) is 3.50. The van der Waals surface area contributed by atoms with Gasteiger partial charge in [0.25, 0.3) is 0 Å². The van der Waals surface area contributed by atoms with Crippen LogP contribution in [0.5, 0.6) is 17.2 Å². The molecule has 34 heavy (non-hydrogen) atoms. The van der Waals surface area contributed by atoms with Crippen LogP contribution >= 0.6 is 12.2 Å². The molecule has 7 heteroatoms. The zero-order chi connectivity index (χ0) is 23.9. The van der Waals surface area contributed by atoms with Gasteiger partial charge in [0.05, 0.1) is 27.4 Å². The molecule has 0 spiro atoms. The highest BCUT2D eigenvalue weighted by atomic mass is 32.1. The first-order valence-corrected chi connectivity index (χ1v) is 11.7.